The maximum Gasteiger partial charge on any atom is 0.437 e. The van der Waals surface area contributed by atoms with Gasteiger partial charge < -0.3 is 25.3 Å². The number of ether oxygens (including phenoxy) is 1. The van der Waals surface area contributed by atoms with Crippen LogP contribution in [0.1, 0.15) is 98.8 Å². The Bertz CT molecular complexity index is 547. The summed E-state index contributed by atoms with van der Waals surface area (Å²) in [6, 6.07) is 0. The molecule has 0 aliphatic carbocycles. The summed E-state index contributed by atoms with van der Waals surface area (Å²) in [5.74, 6) is -0.582. The average Bonchev–Trinajstić information content (AvgIpc) is 2.64. The zero-order valence-corrected chi connectivity index (χ0v) is 19.4. The first-order valence-electron chi connectivity index (χ1n) is 11.1. The van der Waals surface area contributed by atoms with E-state index in [2.05, 4.69) is 29.5 Å². The Hall–Kier alpha value is -2.12. The molecule has 0 aromatic rings. The number of aldehydes is 1. The molecule has 0 aliphatic heterocycles. The number of carboxylic acid groups (broad SMARTS) is 1. The summed E-state index contributed by atoms with van der Waals surface area (Å²) in [6.45, 7) is 9.94. The molecule has 0 heterocycles. The van der Waals surface area contributed by atoms with Crippen molar-refractivity contribution >= 4 is 24.3 Å². The second-order valence-corrected chi connectivity index (χ2v) is 8.68. The SMILES string of the molecule is CCCCC(C=O)(CCCC)N/C(=N\C(=O)OC(C)(C)C)NCCCCCC(=O)O. The van der Waals surface area contributed by atoms with Gasteiger partial charge in [0, 0.05) is 13.0 Å². The van der Waals surface area contributed by atoms with E-state index < -0.39 is 23.2 Å². The van der Waals surface area contributed by atoms with Crippen molar-refractivity contribution in [3.8, 4) is 0 Å². The van der Waals surface area contributed by atoms with Crippen molar-refractivity contribution in [2.45, 2.75) is 110 Å². The third kappa shape index (κ3) is 14.0. The van der Waals surface area contributed by atoms with Crippen LogP contribution < -0.4 is 10.6 Å². The quantitative estimate of drug-likeness (QED) is 0.163. The van der Waals surface area contributed by atoms with Gasteiger partial charge in [-0.3, -0.25) is 4.79 Å². The number of unbranched alkanes of at least 4 members (excludes halogenated alkanes) is 4. The van der Waals surface area contributed by atoms with Crippen LogP contribution in [0.2, 0.25) is 0 Å². The third-order valence-electron chi connectivity index (χ3n) is 4.50. The van der Waals surface area contributed by atoms with E-state index in [-0.39, 0.29) is 12.4 Å². The van der Waals surface area contributed by atoms with Crippen LogP contribution in [0.5, 0.6) is 0 Å². The lowest BCUT2D eigenvalue weighted by Gasteiger charge is -2.31. The third-order valence-corrected chi connectivity index (χ3v) is 4.50. The Morgan fingerprint density at radius 3 is 2.07 bits per heavy atom. The van der Waals surface area contributed by atoms with E-state index in [1.165, 1.54) is 0 Å². The number of aliphatic imine (C=N–C) groups is 1. The number of aliphatic carboxylic acids is 1. The zero-order chi connectivity index (χ0) is 23.0. The van der Waals surface area contributed by atoms with Gasteiger partial charge in [-0.25, -0.2) is 4.79 Å². The molecule has 0 fully saturated rings. The number of nitrogens with zero attached hydrogens (tertiary/aromatic N) is 1. The fraction of sp³-hybridized carbons (Fsp3) is 0.818. The lowest BCUT2D eigenvalue weighted by molar-refractivity contribution is -0.137. The first kappa shape index (κ1) is 27.9. The molecule has 0 radical (unpaired) electrons. The molecule has 3 N–H and O–H groups in total. The van der Waals surface area contributed by atoms with Crippen LogP contribution in [0.4, 0.5) is 4.79 Å². The molecule has 0 bridgehead atoms. The molecule has 30 heavy (non-hydrogen) atoms. The first-order valence-corrected chi connectivity index (χ1v) is 11.1. The Kier molecular flexibility index (Phi) is 13.8. The summed E-state index contributed by atoms with van der Waals surface area (Å²) in [6.07, 6.45) is 7.37. The number of carbonyl (C=O) groups is 3. The van der Waals surface area contributed by atoms with Gasteiger partial charge in [0.2, 0.25) is 5.96 Å². The highest BCUT2D eigenvalue weighted by Crippen LogP contribution is 2.20. The number of nitrogens with one attached hydrogen (secondary N) is 2. The number of rotatable bonds is 14. The highest BCUT2D eigenvalue weighted by Gasteiger charge is 2.30. The molecule has 0 unspecified atom stereocenters. The van der Waals surface area contributed by atoms with Gasteiger partial charge in [0.15, 0.2) is 0 Å². The zero-order valence-electron chi connectivity index (χ0n) is 19.4. The van der Waals surface area contributed by atoms with Gasteiger partial charge in [0.25, 0.3) is 0 Å². The van der Waals surface area contributed by atoms with E-state index in [4.69, 9.17) is 9.84 Å². The molecular weight excluding hydrogens is 386 g/mol. The van der Waals surface area contributed by atoms with Crippen LogP contribution in [-0.2, 0) is 14.3 Å². The minimum absolute atomic E-state index is 0.138. The van der Waals surface area contributed by atoms with E-state index in [0.29, 0.717) is 25.8 Å². The Labute approximate surface area is 181 Å². The number of amides is 1. The van der Waals surface area contributed by atoms with Crippen LogP contribution >= 0.6 is 0 Å². The molecule has 0 aromatic carbocycles. The Morgan fingerprint density at radius 1 is 1.00 bits per heavy atom. The van der Waals surface area contributed by atoms with E-state index in [0.717, 1.165) is 44.8 Å². The summed E-state index contributed by atoms with van der Waals surface area (Å²) >= 11 is 0. The van der Waals surface area contributed by atoms with Crippen molar-refractivity contribution < 1.29 is 24.2 Å². The topological polar surface area (TPSA) is 117 Å². The molecule has 0 spiro atoms. The predicted molar refractivity (Wildman–Crippen MR) is 119 cm³/mol. The van der Waals surface area contributed by atoms with E-state index >= 15 is 0 Å². The van der Waals surface area contributed by atoms with Gasteiger partial charge >= 0.3 is 12.1 Å². The average molecular weight is 428 g/mol. The molecular formula is C22H41N3O5. The fourth-order valence-electron chi connectivity index (χ4n) is 2.89. The molecule has 0 rings (SSSR count). The largest absolute Gasteiger partial charge is 0.481 e. The maximum atomic E-state index is 12.2. The van der Waals surface area contributed by atoms with Crippen LogP contribution in [0.25, 0.3) is 0 Å². The van der Waals surface area contributed by atoms with E-state index in [9.17, 15) is 14.4 Å². The van der Waals surface area contributed by atoms with Gasteiger partial charge in [-0.05, 0) is 46.5 Å². The number of guanidine groups is 1. The summed E-state index contributed by atoms with van der Waals surface area (Å²) in [4.78, 5) is 38.9. The summed E-state index contributed by atoms with van der Waals surface area (Å²) in [7, 11) is 0. The summed E-state index contributed by atoms with van der Waals surface area (Å²) < 4.78 is 5.29. The molecule has 0 aliphatic rings. The molecule has 0 saturated heterocycles. The Morgan fingerprint density at radius 2 is 1.60 bits per heavy atom. The lowest BCUT2D eigenvalue weighted by Crippen LogP contribution is -2.54. The van der Waals surface area contributed by atoms with Crippen molar-refractivity contribution in [3.05, 3.63) is 0 Å². The number of hydrogen-bond donors (Lipinski definition) is 3. The monoisotopic (exact) mass is 427 g/mol. The van der Waals surface area contributed by atoms with Crippen molar-refractivity contribution in [2.75, 3.05) is 6.54 Å². The molecule has 0 saturated carbocycles. The maximum absolute atomic E-state index is 12.2. The highest BCUT2D eigenvalue weighted by molar-refractivity contribution is 5.92. The van der Waals surface area contributed by atoms with Crippen LogP contribution in [0.15, 0.2) is 4.99 Å². The minimum Gasteiger partial charge on any atom is -0.481 e. The molecule has 8 heteroatoms. The predicted octanol–water partition coefficient (Wildman–Crippen LogP) is 4.42. The van der Waals surface area contributed by atoms with Gasteiger partial charge in [0.05, 0.1) is 5.54 Å². The van der Waals surface area contributed by atoms with Crippen LogP contribution in [0.3, 0.4) is 0 Å². The smallest absolute Gasteiger partial charge is 0.437 e. The van der Waals surface area contributed by atoms with Crippen molar-refractivity contribution in [1.29, 1.82) is 0 Å². The number of carbonyl (C=O) groups excluding carboxylic acids is 2. The van der Waals surface area contributed by atoms with Crippen molar-refractivity contribution in [3.63, 3.8) is 0 Å². The van der Waals surface area contributed by atoms with Crippen molar-refractivity contribution in [1.82, 2.24) is 10.6 Å². The van der Waals surface area contributed by atoms with Gasteiger partial charge in [-0.1, -0.05) is 46.0 Å². The van der Waals surface area contributed by atoms with Crippen LogP contribution in [-0.4, -0.2) is 47.1 Å². The second-order valence-electron chi connectivity index (χ2n) is 8.68. The second kappa shape index (κ2) is 14.8. The standard InChI is InChI=1S/C22H41N3O5/c1-6-8-14-22(17-26,15-9-7-2)25-19(24-20(29)30-21(3,4)5)23-16-12-10-11-13-18(27)28/h17H,6-16H2,1-5H3,(H,27,28)(H2,23,24,25,29). The normalized spacial score (nSPS) is 12.4. The summed E-state index contributed by atoms with van der Waals surface area (Å²) in [5.41, 5.74) is -1.46. The fourth-order valence-corrected chi connectivity index (χ4v) is 2.89. The van der Waals surface area contributed by atoms with Gasteiger partial charge in [-0.15, -0.1) is 4.99 Å². The molecule has 0 aromatic heterocycles. The Balaban J connectivity index is 5.27. The lowest BCUT2D eigenvalue weighted by atomic mass is 9.88. The van der Waals surface area contributed by atoms with Crippen molar-refractivity contribution in [2.24, 2.45) is 4.99 Å². The van der Waals surface area contributed by atoms with E-state index in [1.807, 2.05) is 0 Å². The number of carboxylic acids is 1. The van der Waals surface area contributed by atoms with Crippen LogP contribution in [0, 0.1) is 0 Å². The first-order chi connectivity index (χ1) is 14.1. The molecule has 0 atom stereocenters. The molecule has 174 valence electrons. The van der Waals surface area contributed by atoms with Gasteiger partial charge in [0.1, 0.15) is 11.9 Å². The summed E-state index contributed by atoms with van der Waals surface area (Å²) in [5, 5.41) is 15.0. The minimum atomic E-state index is -0.806. The molecule has 1 amide bonds. The highest BCUT2D eigenvalue weighted by atomic mass is 16.6. The number of hydrogen-bond acceptors (Lipinski definition) is 4. The van der Waals surface area contributed by atoms with Gasteiger partial charge in [-0.2, -0.15) is 0 Å². The molecule has 8 nitrogen and oxygen atoms in total. The van der Waals surface area contributed by atoms with E-state index in [1.54, 1.807) is 20.8 Å².